The van der Waals surface area contributed by atoms with Crippen molar-refractivity contribution in [2.45, 2.75) is 44.8 Å². The Morgan fingerprint density at radius 2 is 1.83 bits per heavy atom. The zero-order valence-corrected chi connectivity index (χ0v) is 10.3. The molecule has 1 amide bonds. The predicted octanol–water partition coefficient (Wildman–Crippen LogP) is 2.45. The third-order valence-electron chi connectivity index (χ3n) is 3.49. The fraction of sp³-hybridized carbons (Fsp3) is 0.500. The summed E-state index contributed by atoms with van der Waals surface area (Å²) in [5, 5.41) is 21.5. The van der Waals surface area contributed by atoms with Crippen molar-refractivity contribution in [2.75, 3.05) is 0 Å². The Bertz CT molecular complexity index is 396. The third kappa shape index (κ3) is 2.89. The molecule has 4 heteroatoms. The van der Waals surface area contributed by atoms with Crippen molar-refractivity contribution in [3.8, 4) is 0 Å². The Balaban J connectivity index is 2.04. The SMILES string of the molecule is O=C(c1ccc(CO)cc1)N([O-])C1CCCCC1. The summed E-state index contributed by atoms with van der Waals surface area (Å²) in [6, 6.07) is 6.37. The molecular weight excluding hydrogens is 230 g/mol. The van der Waals surface area contributed by atoms with Gasteiger partial charge >= 0.3 is 0 Å². The van der Waals surface area contributed by atoms with Gasteiger partial charge in [0.25, 0.3) is 0 Å². The molecule has 1 aliphatic carbocycles. The van der Waals surface area contributed by atoms with Crippen LogP contribution in [0.15, 0.2) is 24.3 Å². The fourth-order valence-electron chi connectivity index (χ4n) is 2.36. The summed E-state index contributed by atoms with van der Waals surface area (Å²) < 4.78 is 0. The van der Waals surface area contributed by atoms with Crippen molar-refractivity contribution in [2.24, 2.45) is 0 Å². The normalized spacial score (nSPS) is 16.6. The highest BCUT2D eigenvalue weighted by Gasteiger charge is 2.19. The molecule has 0 aromatic heterocycles. The Morgan fingerprint density at radius 1 is 1.22 bits per heavy atom. The van der Waals surface area contributed by atoms with Gasteiger partial charge in [0.05, 0.1) is 6.61 Å². The molecule has 0 heterocycles. The molecule has 4 nitrogen and oxygen atoms in total. The molecule has 0 spiro atoms. The average molecular weight is 248 g/mol. The number of nitrogens with zero attached hydrogens (tertiary/aromatic N) is 1. The van der Waals surface area contributed by atoms with Crippen molar-refractivity contribution >= 4 is 5.91 Å². The lowest BCUT2D eigenvalue weighted by atomic mass is 9.95. The molecule has 0 saturated heterocycles. The number of amides is 1. The molecule has 98 valence electrons. The van der Waals surface area contributed by atoms with Gasteiger partial charge in [-0.25, -0.2) is 0 Å². The molecule has 0 aliphatic heterocycles. The van der Waals surface area contributed by atoms with Gasteiger partial charge in [-0.15, -0.1) is 0 Å². The summed E-state index contributed by atoms with van der Waals surface area (Å²) in [6.07, 6.45) is 4.83. The van der Waals surface area contributed by atoms with Gasteiger partial charge in [0.2, 0.25) is 5.91 Å². The number of hydrogen-bond acceptors (Lipinski definition) is 3. The van der Waals surface area contributed by atoms with Gasteiger partial charge in [0, 0.05) is 11.6 Å². The molecule has 2 rings (SSSR count). The van der Waals surface area contributed by atoms with Crippen LogP contribution < -0.4 is 0 Å². The van der Waals surface area contributed by atoms with Crippen LogP contribution in [0.1, 0.15) is 48.0 Å². The van der Waals surface area contributed by atoms with Crippen molar-refractivity contribution < 1.29 is 9.90 Å². The first-order valence-corrected chi connectivity index (χ1v) is 6.43. The molecule has 18 heavy (non-hydrogen) atoms. The quantitative estimate of drug-likeness (QED) is 0.836. The smallest absolute Gasteiger partial charge is 0.243 e. The lowest BCUT2D eigenvalue weighted by Crippen LogP contribution is -2.36. The first kappa shape index (κ1) is 13.1. The second-order valence-corrected chi connectivity index (χ2v) is 4.78. The molecule has 0 bridgehead atoms. The van der Waals surface area contributed by atoms with E-state index in [1.807, 2.05) is 0 Å². The number of hydrogen-bond donors (Lipinski definition) is 1. The lowest BCUT2D eigenvalue weighted by molar-refractivity contribution is 0.0738. The van der Waals surface area contributed by atoms with E-state index < -0.39 is 5.91 Å². The summed E-state index contributed by atoms with van der Waals surface area (Å²) in [5.41, 5.74) is 1.13. The number of aliphatic hydroxyl groups is 1. The second kappa shape index (κ2) is 5.98. The molecule has 0 atom stereocenters. The van der Waals surface area contributed by atoms with Crippen molar-refractivity contribution in [3.63, 3.8) is 0 Å². The van der Waals surface area contributed by atoms with Crippen LogP contribution in [-0.4, -0.2) is 22.1 Å². The van der Waals surface area contributed by atoms with E-state index in [-0.39, 0.29) is 12.6 Å². The van der Waals surface area contributed by atoms with E-state index in [4.69, 9.17) is 5.11 Å². The third-order valence-corrected chi connectivity index (χ3v) is 3.49. The van der Waals surface area contributed by atoms with E-state index in [1.165, 1.54) is 0 Å². The molecule has 1 N–H and O–H groups in total. The van der Waals surface area contributed by atoms with Gasteiger partial charge in [-0.2, -0.15) is 0 Å². The number of benzene rings is 1. The topological polar surface area (TPSA) is 63.6 Å². The van der Waals surface area contributed by atoms with Gasteiger partial charge in [-0.05, 0) is 30.5 Å². The highest BCUT2D eigenvalue weighted by atomic mass is 16.5. The first-order chi connectivity index (χ1) is 8.72. The minimum atomic E-state index is -0.466. The van der Waals surface area contributed by atoms with Crippen molar-refractivity contribution in [3.05, 3.63) is 40.6 Å². The van der Waals surface area contributed by atoms with Crippen LogP contribution >= 0.6 is 0 Å². The highest BCUT2D eigenvalue weighted by Crippen LogP contribution is 2.23. The number of aliphatic hydroxyl groups excluding tert-OH is 1. The van der Waals surface area contributed by atoms with E-state index in [1.54, 1.807) is 24.3 Å². The van der Waals surface area contributed by atoms with E-state index in [9.17, 15) is 10.0 Å². The summed E-state index contributed by atoms with van der Waals surface area (Å²) in [4.78, 5) is 12.0. The first-order valence-electron chi connectivity index (χ1n) is 6.43. The van der Waals surface area contributed by atoms with E-state index in [0.717, 1.165) is 37.7 Å². The monoisotopic (exact) mass is 248 g/mol. The molecule has 1 aromatic carbocycles. The molecule has 1 aliphatic rings. The molecule has 0 radical (unpaired) electrons. The molecule has 1 saturated carbocycles. The van der Waals surface area contributed by atoms with E-state index in [0.29, 0.717) is 10.6 Å². The van der Waals surface area contributed by atoms with Gasteiger partial charge in [-0.1, -0.05) is 31.4 Å². The predicted molar refractivity (Wildman–Crippen MR) is 68.8 cm³/mol. The van der Waals surface area contributed by atoms with Crippen LogP contribution in [-0.2, 0) is 6.61 Å². The molecule has 0 unspecified atom stereocenters. The maximum absolute atomic E-state index is 12.0. The Morgan fingerprint density at radius 3 is 2.39 bits per heavy atom. The Kier molecular flexibility index (Phi) is 4.33. The minimum Gasteiger partial charge on any atom is -0.756 e. The van der Waals surface area contributed by atoms with E-state index >= 15 is 0 Å². The average Bonchev–Trinajstić information content (AvgIpc) is 2.47. The number of carbonyl (C=O) groups excluding carboxylic acids is 1. The van der Waals surface area contributed by atoms with Gasteiger partial charge < -0.3 is 15.4 Å². The van der Waals surface area contributed by atoms with Crippen LogP contribution in [0, 0.1) is 5.21 Å². The van der Waals surface area contributed by atoms with Crippen molar-refractivity contribution in [1.29, 1.82) is 0 Å². The highest BCUT2D eigenvalue weighted by molar-refractivity contribution is 5.94. The summed E-state index contributed by atoms with van der Waals surface area (Å²) >= 11 is 0. The van der Waals surface area contributed by atoms with Crippen LogP contribution in [0.5, 0.6) is 0 Å². The summed E-state index contributed by atoms with van der Waals surface area (Å²) in [6.45, 7) is -0.0574. The fourth-order valence-corrected chi connectivity index (χ4v) is 2.36. The van der Waals surface area contributed by atoms with Gasteiger partial charge in [-0.3, -0.25) is 4.79 Å². The molecule has 1 aromatic rings. The van der Waals surface area contributed by atoms with Crippen LogP contribution in [0.3, 0.4) is 0 Å². The number of carbonyl (C=O) groups is 1. The minimum absolute atomic E-state index is 0.0574. The summed E-state index contributed by atoms with van der Waals surface area (Å²) in [5.74, 6) is -0.466. The maximum Gasteiger partial charge on any atom is 0.243 e. The molecule has 1 fully saturated rings. The van der Waals surface area contributed by atoms with Crippen LogP contribution in [0.4, 0.5) is 0 Å². The second-order valence-electron chi connectivity index (χ2n) is 4.78. The molecular formula is C14H18NO3-. The van der Waals surface area contributed by atoms with Crippen LogP contribution in [0.25, 0.3) is 0 Å². The largest absolute Gasteiger partial charge is 0.756 e. The lowest BCUT2D eigenvalue weighted by Gasteiger charge is -2.39. The zero-order valence-electron chi connectivity index (χ0n) is 10.3. The van der Waals surface area contributed by atoms with Gasteiger partial charge in [0.1, 0.15) is 0 Å². The number of hydroxylamine groups is 2. The van der Waals surface area contributed by atoms with Crippen LogP contribution in [0.2, 0.25) is 0 Å². The maximum atomic E-state index is 12.0. The Labute approximate surface area is 107 Å². The summed E-state index contributed by atoms with van der Waals surface area (Å²) in [7, 11) is 0. The standard InChI is InChI=1S/C14H18NO3/c16-10-11-6-8-12(9-7-11)14(17)15(18)13-4-2-1-3-5-13/h6-9,13,16H,1-5,10H2/q-1. The van der Waals surface area contributed by atoms with E-state index in [2.05, 4.69) is 0 Å². The Hall–Kier alpha value is -1.39. The van der Waals surface area contributed by atoms with Crippen molar-refractivity contribution in [1.82, 2.24) is 5.06 Å². The zero-order chi connectivity index (χ0) is 13.0. The van der Waals surface area contributed by atoms with Gasteiger partial charge in [0.15, 0.2) is 0 Å². The number of rotatable bonds is 3.